The zero-order valence-electron chi connectivity index (χ0n) is 18.2. The quantitative estimate of drug-likeness (QED) is 0.665. The van der Waals surface area contributed by atoms with Crippen LogP contribution in [-0.2, 0) is 4.79 Å². The molecule has 4 atom stereocenters. The molecule has 7 heteroatoms. The molecule has 0 saturated heterocycles. The average Bonchev–Trinajstić information content (AvgIpc) is 2.79. The van der Waals surface area contributed by atoms with Crippen molar-refractivity contribution in [2.75, 3.05) is 0 Å². The van der Waals surface area contributed by atoms with E-state index in [1.54, 1.807) is 24.3 Å². The van der Waals surface area contributed by atoms with Crippen molar-refractivity contribution in [3.8, 4) is 11.3 Å². The van der Waals surface area contributed by atoms with E-state index < -0.39 is 0 Å². The van der Waals surface area contributed by atoms with E-state index in [2.05, 4.69) is 15.6 Å². The van der Waals surface area contributed by atoms with Gasteiger partial charge in [0.2, 0.25) is 5.91 Å². The van der Waals surface area contributed by atoms with Crippen LogP contribution in [0.15, 0.2) is 42.6 Å². The molecular weight excluding hydrogens is 407 g/mol. The maximum atomic E-state index is 13.4. The van der Waals surface area contributed by atoms with Gasteiger partial charge in [-0.2, -0.15) is 0 Å². The standard InChI is InChI=1S/C25H31FN4O2/c26-19-6-1-4-16(12-19)23-11-10-18(15-28-23)25(32)29-21-8-2-5-17(13-21)24(31)30-22-9-3-7-20(27)14-22/h1,4,6,10-12,15,17,20-22H,2-3,5,7-9,13-14,27H2,(H,29,32)(H,30,31)/t17?,20-,21?,22-/m1/s1. The number of hydrogen-bond donors (Lipinski definition) is 3. The molecule has 32 heavy (non-hydrogen) atoms. The van der Waals surface area contributed by atoms with Crippen LogP contribution >= 0.6 is 0 Å². The zero-order chi connectivity index (χ0) is 22.5. The summed E-state index contributed by atoms with van der Waals surface area (Å²) in [6.07, 6.45) is 8.69. The van der Waals surface area contributed by atoms with E-state index in [1.165, 1.54) is 18.3 Å². The highest BCUT2D eigenvalue weighted by molar-refractivity contribution is 5.94. The molecule has 1 aromatic heterocycles. The minimum absolute atomic E-state index is 0.0384. The Labute approximate surface area is 188 Å². The first-order chi connectivity index (χ1) is 15.5. The molecule has 2 saturated carbocycles. The minimum atomic E-state index is -0.326. The molecule has 2 fully saturated rings. The number of pyridine rings is 1. The number of halogens is 1. The monoisotopic (exact) mass is 438 g/mol. The van der Waals surface area contributed by atoms with Gasteiger partial charge in [0.25, 0.3) is 5.91 Å². The molecule has 6 nitrogen and oxygen atoms in total. The molecule has 0 bridgehead atoms. The largest absolute Gasteiger partial charge is 0.353 e. The molecule has 0 radical (unpaired) electrons. The SMILES string of the molecule is N[C@@H]1CCC[C@@H](NC(=O)C2CCCC(NC(=O)c3ccc(-c4cccc(F)c4)nc3)C2)C1. The molecule has 2 aliphatic rings. The van der Waals surface area contributed by atoms with Crippen LogP contribution in [0.2, 0.25) is 0 Å². The van der Waals surface area contributed by atoms with Gasteiger partial charge >= 0.3 is 0 Å². The third-order valence-corrected chi connectivity index (χ3v) is 6.59. The van der Waals surface area contributed by atoms with Crippen molar-refractivity contribution < 1.29 is 14.0 Å². The van der Waals surface area contributed by atoms with Crippen molar-refractivity contribution in [1.82, 2.24) is 15.6 Å². The Morgan fingerprint density at radius 3 is 2.47 bits per heavy atom. The summed E-state index contributed by atoms with van der Waals surface area (Å²) >= 11 is 0. The molecule has 0 spiro atoms. The van der Waals surface area contributed by atoms with E-state index in [9.17, 15) is 14.0 Å². The van der Waals surface area contributed by atoms with Gasteiger partial charge in [0.05, 0.1) is 11.3 Å². The summed E-state index contributed by atoms with van der Waals surface area (Å²) < 4.78 is 13.4. The van der Waals surface area contributed by atoms with E-state index in [0.717, 1.165) is 44.9 Å². The molecule has 2 aromatic rings. The lowest BCUT2D eigenvalue weighted by atomic mass is 9.84. The second-order valence-corrected chi connectivity index (χ2v) is 9.11. The number of nitrogens with two attached hydrogens (primary N) is 1. The number of amides is 2. The third-order valence-electron chi connectivity index (χ3n) is 6.59. The van der Waals surface area contributed by atoms with Crippen LogP contribution in [0.25, 0.3) is 11.3 Å². The van der Waals surface area contributed by atoms with Gasteiger partial charge in [-0.3, -0.25) is 14.6 Å². The van der Waals surface area contributed by atoms with Crippen LogP contribution < -0.4 is 16.4 Å². The number of carbonyl (C=O) groups is 2. The summed E-state index contributed by atoms with van der Waals surface area (Å²) in [5.74, 6) is -0.522. The van der Waals surface area contributed by atoms with Crippen molar-refractivity contribution in [3.05, 3.63) is 54.0 Å². The molecule has 2 aliphatic carbocycles. The fraction of sp³-hybridized carbons (Fsp3) is 0.480. The molecule has 2 unspecified atom stereocenters. The van der Waals surface area contributed by atoms with Crippen LogP contribution in [0.1, 0.15) is 61.7 Å². The van der Waals surface area contributed by atoms with Gasteiger partial charge < -0.3 is 16.4 Å². The minimum Gasteiger partial charge on any atom is -0.353 e. The summed E-state index contributed by atoms with van der Waals surface area (Å²) in [7, 11) is 0. The van der Waals surface area contributed by atoms with Gasteiger partial charge in [-0.25, -0.2) is 4.39 Å². The van der Waals surface area contributed by atoms with Gasteiger partial charge in [-0.1, -0.05) is 18.6 Å². The summed E-state index contributed by atoms with van der Waals surface area (Å²) in [5.41, 5.74) is 7.76. The van der Waals surface area contributed by atoms with E-state index in [-0.39, 0.29) is 41.7 Å². The average molecular weight is 439 g/mol. The highest BCUT2D eigenvalue weighted by atomic mass is 19.1. The van der Waals surface area contributed by atoms with E-state index in [4.69, 9.17) is 5.73 Å². The Hall–Kier alpha value is -2.80. The summed E-state index contributed by atoms with van der Waals surface area (Å²) in [5, 5.41) is 6.24. The van der Waals surface area contributed by atoms with Crippen LogP contribution in [0.4, 0.5) is 4.39 Å². The molecule has 0 aliphatic heterocycles. The third kappa shape index (κ3) is 5.71. The van der Waals surface area contributed by atoms with Crippen LogP contribution in [0, 0.1) is 11.7 Å². The van der Waals surface area contributed by atoms with Crippen molar-refractivity contribution in [3.63, 3.8) is 0 Å². The van der Waals surface area contributed by atoms with Gasteiger partial charge in [0.1, 0.15) is 5.82 Å². The van der Waals surface area contributed by atoms with E-state index in [0.29, 0.717) is 23.2 Å². The molecule has 2 amide bonds. The first kappa shape index (κ1) is 22.4. The van der Waals surface area contributed by atoms with Crippen molar-refractivity contribution in [2.45, 2.75) is 69.5 Å². The topological polar surface area (TPSA) is 97.1 Å². The number of aromatic nitrogens is 1. The number of benzene rings is 1. The van der Waals surface area contributed by atoms with Gasteiger partial charge in [-0.05, 0) is 69.2 Å². The number of hydrogen-bond acceptors (Lipinski definition) is 4. The molecular formula is C25H31FN4O2. The van der Waals surface area contributed by atoms with Crippen molar-refractivity contribution in [2.24, 2.45) is 11.7 Å². The predicted octanol–water partition coefficient (Wildman–Crippen LogP) is 3.56. The van der Waals surface area contributed by atoms with Crippen molar-refractivity contribution >= 4 is 11.8 Å². The fourth-order valence-electron chi connectivity index (χ4n) is 4.85. The Morgan fingerprint density at radius 2 is 1.75 bits per heavy atom. The summed E-state index contributed by atoms with van der Waals surface area (Å²) in [6, 6.07) is 9.92. The van der Waals surface area contributed by atoms with Crippen LogP contribution in [-0.4, -0.2) is 34.9 Å². The summed E-state index contributed by atoms with van der Waals surface area (Å²) in [6.45, 7) is 0. The lowest BCUT2D eigenvalue weighted by Gasteiger charge is -2.32. The van der Waals surface area contributed by atoms with Crippen LogP contribution in [0.3, 0.4) is 0 Å². The Bertz CT molecular complexity index is 949. The molecule has 4 rings (SSSR count). The number of rotatable bonds is 5. The Kier molecular flexibility index (Phi) is 7.15. The van der Waals surface area contributed by atoms with E-state index >= 15 is 0 Å². The normalized spacial score (nSPS) is 25.7. The molecule has 4 N–H and O–H groups in total. The first-order valence-corrected chi connectivity index (χ1v) is 11.6. The number of carbonyl (C=O) groups excluding carboxylic acids is 2. The number of nitrogens with zero attached hydrogens (tertiary/aromatic N) is 1. The molecule has 170 valence electrons. The predicted molar refractivity (Wildman–Crippen MR) is 121 cm³/mol. The van der Waals surface area contributed by atoms with Crippen molar-refractivity contribution in [1.29, 1.82) is 0 Å². The van der Waals surface area contributed by atoms with Gasteiger partial charge in [-0.15, -0.1) is 0 Å². The maximum Gasteiger partial charge on any atom is 0.253 e. The number of nitrogens with one attached hydrogen (secondary N) is 2. The summed E-state index contributed by atoms with van der Waals surface area (Å²) in [4.78, 5) is 29.8. The van der Waals surface area contributed by atoms with Gasteiger partial charge in [0.15, 0.2) is 0 Å². The Balaban J connectivity index is 1.31. The molecule has 1 aromatic carbocycles. The fourth-order valence-corrected chi connectivity index (χ4v) is 4.85. The van der Waals surface area contributed by atoms with Gasteiger partial charge in [0, 0.05) is 35.8 Å². The second-order valence-electron chi connectivity index (χ2n) is 9.11. The van der Waals surface area contributed by atoms with Crippen LogP contribution in [0.5, 0.6) is 0 Å². The highest BCUT2D eigenvalue weighted by Gasteiger charge is 2.30. The first-order valence-electron chi connectivity index (χ1n) is 11.6. The zero-order valence-corrected chi connectivity index (χ0v) is 18.2. The maximum absolute atomic E-state index is 13.4. The smallest absolute Gasteiger partial charge is 0.253 e. The second kappa shape index (κ2) is 10.2. The lowest BCUT2D eigenvalue weighted by molar-refractivity contribution is -0.127. The Morgan fingerprint density at radius 1 is 0.969 bits per heavy atom. The van der Waals surface area contributed by atoms with E-state index in [1.807, 2.05) is 0 Å². The lowest BCUT2D eigenvalue weighted by Crippen LogP contribution is -2.47. The highest BCUT2D eigenvalue weighted by Crippen LogP contribution is 2.26. The molecule has 1 heterocycles.